The highest BCUT2D eigenvalue weighted by Crippen LogP contribution is 2.27. The molecule has 1 aromatic carbocycles. The van der Waals surface area contributed by atoms with Crippen LogP contribution >= 0.6 is 0 Å². The largest absolute Gasteiger partial charge is 0.462 e. The molecule has 0 atom stereocenters. The Morgan fingerprint density at radius 1 is 1.21 bits per heavy atom. The monoisotopic (exact) mass is 331 g/mol. The van der Waals surface area contributed by atoms with Gasteiger partial charge in [-0.15, -0.1) is 0 Å². The molecule has 1 fully saturated rings. The molecule has 0 bridgehead atoms. The Kier molecular flexibility index (Phi) is 5.35. The number of nitro groups is 1. The summed E-state index contributed by atoms with van der Waals surface area (Å²) in [5, 5.41) is 22.1. The SMILES string of the molecule is O=[N+]([O-])c1ccc(-n2nnnc2OCCCC2CCCCC2)cc1. The zero-order chi connectivity index (χ0) is 16.8. The molecule has 1 aliphatic rings. The van der Waals surface area contributed by atoms with Crippen molar-refractivity contribution in [3.05, 3.63) is 34.4 Å². The lowest BCUT2D eigenvalue weighted by molar-refractivity contribution is -0.384. The molecule has 8 heteroatoms. The van der Waals surface area contributed by atoms with Gasteiger partial charge in [0.05, 0.1) is 17.2 Å². The Labute approximate surface area is 140 Å². The second-order valence-electron chi connectivity index (χ2n) is 6.14. The number of hydrogen-bond donors (Lipinski definition) is 0. The van der Waals surface area contributed by atoms with Crippen molar-refractivity contribution in [2.24, 2.45) is 5.92 Å². The average molecular weight is 331 g/mol. The van der Waals surface area contributed by atoms with E-state index in [1.54, 1.807) is 12.1 Å². The van der Waals surface area contributed by atoms with E-state index in [9.17, 15) is 10.1 Å². The quantitative estimate of drug-likeness (QED) is 0.439. The van der Waals surface area contributed by atoms with E-state index >= 15 is 0 Å². The number of ether oxygens (including phenoxy) is 1. The van der Waals surface area contributed by atoms with Gasteiger partial charge < -0.3 is 4.74 Å². The second-order valence-corrected chi connectivity index (χ2v) is 6.14. The van der Waals surface area contributed by atoms with E-state index in [1.165, 1.54) is 55.3 Å². The molecule has 0 unspecified atom stereocenters. The minimum absolute atomic E-state index is 0.0294. The number of nitrogens with zero attached hydrogens (tertiary/aromatic N) is 5. The second kappa shape index (κ2) is 7.85. The van der Waals surface area contributed by atoms with Gasteiger partial charge >= 0.3 is 6.01 Å². The Morgan fingerprint density at radius 3 is 2.67 bits per heavy atom. The van der Waals surface area contributed by atoms with Crippen LogP contribution in [0.5, 0.6) is 6.01 Å². The van der Waals surface area contributed by atoms with Gasteiger partial charge in [0.25, 0.3) is 5.69 Å². The van der Waals surface area contributed by atoms with Gasteiger partial charge in [-0.3, -0.25) is 10.1 Å². The van der Waals surface area contributed by atoms with Crippen LogP contribution in [0, 0.1) is 16.0 Å². The molecule has 24 heavy (non-hydrogen) atoms. The maximum atomic E-state index is 10.7. The molecule has 0 N–H and O–H groups in total. The molecular weight excluding hydrogens is 310 g/mol. The van der Waals surface area contributed by atoms with Crippen LogP contribution in [0.2, 0.25) is 0 Å². The molecule has 0 amide bonds. The van der Waals surface area contributed by atoms with Crippen LogP contribution in [-0.2, 0) is 0 Å². The number of tetrazole rings is 1. The average Bonchev–Trinajstić information content (AvgIpc) is 3.08. The summed E-state index contributed by atoms with van der Waals surface area (Å²) in [5.74, 6) is 0.827. The first-order chi connectivity index (χ1) is 11.7. The first-order valence-corrected chi connectivity index (χ1v) is 8.40. The van der Waals surface area contributed by atoms with Crippen molar-refractivity contribution in [3.63, 3.8) is 0 Å². The molecule has 1 heterocycles. The van der Waals surface area contributed by atoms with Crippen molar-refractivity contribution >= 4 is 5.69 Å². The highest BCUT2D eigenvalue weighted by Gasteiger charge is 2.14. The fourth-order valence-electron chi connectivity index (χ4n) is 3.16. The van der Waals surface area contributed by atoms with Gasteiger partial charge in [0, 0.05) is 12.1 Å². The third kappa shape index (κ3) is 4.06. The van der Waals surface area contributed by atoms with Crippen LogP contribution in [0.3, 0.4) is 0 Å². The van der Waals surface area contributed by atoms with Gasteiger partial charge in [-0.2, -0.15) is 4.68 Å². The standard InChI is InChI=1S/C16H21N5O3/c22-21(23)15-10-8-14(9-11-15)20-16(17-18-19-20)24-12-4-7-13-5-2-1-3-6-13/h8-11,13H,1-7,12H2. The fourth-order valence-corrected chi connectivity index (χ4v) is 3.16. The summed E-state index contributed by atoms with van der Waals surface area (Å²) >= 11 is 0. The molecular formula is C16H21N5O3. The lowest BCUT2D eigenvalue weighted by Gasteiger charge is -2.21. The lowest BCUT2D eigenvalue weighted by atomic mass is 9.86. The summed E-state index contributed by atoms with van der Waals surface area (Å²) in [5.41, 5.74) is 0.662. The Morgan fingerprint density at radius 2 is 1.96 bits per heavy atom. The van der Waals surface area contributed by atoms with Crippen molar-refractivity contribution in [2.75, 3.05) is 6.61 Å². The predicted molar refractivity (Wildman–Crippen MR) is 87.1 cm³/mol. The number of hydrogen-bond acceptors (Lipinski definition) is 6. The molecule has 0 radical (unpaired) electrons. The van der Waals surface area contributed by atoms with Crippen molar-refractivity contribution in [1.29, 1.82) is 0 Å². The van der Waals surface area contributed by atoms with E-state index in [-0.39, 0.29) is 5.69 Å². The van der Waals surface area contributed by atoms with Gasteiger partial charge in [0.2, 0.25) is 0 Å². The fraction of sp³-hybridized carbons (Fsp3) is 0.562. The number of non-ortho nitro benzene ring substituents is 1. The first-order valence-electron chi connectivity index (χ1n) is 8.40. The number of rotatable bonds is 7. The zero-order valence-corrected chi connectivity index (χ0v) is 13.5. The molecule has 0 spiro atoms. The molecule has 1 aromatic heterocycles. The Hall–Kier alpha value is -2.51. The highest BCUT2D eigenvalue weighted by molar-refractivity contribution is 5.40. The maximum absolute atomic E-state index is 10.7. The molecule has 2 aromatic rings. The number of benzene rings is 1. The van der Waals surface area contributed by atoms with Crippen LogP contribution in [0.1, 0.15) is 44.9 Å². The summed E-state index contributed by atoms with van der Waals surface area (Å²) in [6, 6.07) is 6.35. The van der Waals surface area contributed by atoms with E-state index in [0.29, 0.717) is 18.3 Å². The van der Waals surface area contributed by atoms with Crippen molar-refractivity contribution in [2.45, 2.75) is 44.9 Å². The van der Waals surface area contributed by atoms with Crippen molar-refractivity contribution in [1.82, 2.24) is 20.2 Å². The van der Waals surface area contributed by atoms with E-state index in [2.05, 4.69) is 15.5 Å². The van der Waals surface area contributed by atoms with Crippen molar-refractivity contribution in [3.8, 4) is 11.7 Å². The van der Waals surface area contributed by atoms with Crippen LogP contribution in [0.4, 0.5) is 5.69 Å². The predicted octanol–water partition coefficient (Wildman–Crippen LogP) is 3.31. The van der Waals surface area contributed by atoms with E-state index in [4.69, 9.17) is 4.74 Å². The molecule has 8 nitrogen and oxygen atoms in total. The van der Waals surface area contributed by atoms with Gasteiger partial charge in [-0.1, -0.05) is 37.2 Å². The highest BCUT2D eigenvalue weighted by atomic mass is 16.6. The summed E-state index contributed by atoms with van der Waals surface area (Å²) in [7, 11) is 0. The van der Waals surface area contributed by atoms with Gasteiger partial charge in [-0.25, -0.2) is 0 Å². The lowest BCUT2D eigenvalue weighted by Crippen LogP contribution is -2.10. The molecule has 3 rings (SSSR count). The van der Waals surface area contributed by atoms with E-state index in [0.717, 1.165) is 12.3 Å². The van der Waals surface area contributed by atoms with Crippen LogP contribution in [0.25, 0.3) is 5.69 Å². The first kappa shape index (κ1) is 16.4. The van der Waals surface area contributed by atoms with E-state index < -0.39 is 4.92 Å². The van der Waals surface area contributed by atoms with Crippen molar-refractivity contribution < 1.29 is 9.66 Å². The minimum atomic E-state index is -0.438. The Balaban J connectivity index is 1.54. The summed E-state index contributed by atoms with van der Waals surface area (Å²) in [4.78, 5) is 10.3. The number of nitro benzene ring substituents is 1. The molecule has 0 saturated heterocycles. The third-order valence-electron chi connectivity index (χ3n) is 4.46. The molecule has 1 saturated carbocycles. The topological polar surface area (TPSA) is 96.0 Å². The van der Waals surface area contributed by atoms with Gasteiger partial charge in [-0.05, 0) is 41.3 Å². The summed E-state index contributed by atoms with van der Waals surface area (Å²) in [6.07, 6.45) is 8.91. The summed E-state index contributed by atoms with van der Waals surface area (Å²) < 4.78 is 7.14. The molecule has 1 aliphatic carbocycles. The Bertz CT molecular complexity index is 665. The van der Waals surface area contributed by atoms with Crippen LogP contribution < -0.4 is 4.74 Å². The maximum Gasteiger partial charge on any atom is 0.340 e. The molecule has 0 aliphatic heterocycles. The van der Waals surface area contributed by atoms with Crippen LogP contribution in [0.15, 0.2) is 24.3 Å². The number of aromatic nitrogens is 4. The zero-order valence-electron chi connectivity index (χ0n) is 13.5. The third-order valence-corrected chi connectivity index (χ3v) is 4.46. The minimum Gasteiger partial charge on any atom is -0.462 e. The summed E-state index contributed by atoms with van der Waals surface area (Å²) in [6.45, 7) is 0.573. The smallest absolute Gasteiger partial charge is 0.340 e. The van der Waals surface area contributed by atoms with E-state index in [1.807, 2.05) is 0 Å². The van der Waals surface area contributed by atoms with Gasteiger partial charge in [0.15, 0.2) is 0 Å². The van der Waals surface area contributed by atoms with Gasteiger partial charge in [0.1, 0.15) is 0 Å². The normalized spacial score (nSPS) is 15.3. The van der Waals surface area contributed by atoms with Crippen LogP contribution in [-0.4, -0.2) is 31.7 Å². The molecule has 128 valence electrons.